The highest BCUT2D eigenvalue weighted by Crippen LogP contribution is 2.20. The highest BCUT2D eigenvalue weighted by molar-refractivity contribution is 5.82. The molecule has 1 amide bonds. The number of carbonyl (C=O) groups excluding carboxylic acids is 2. The number of esters is 1. The van der Waals surface area contributed by atoms with Gasteiger partial charge in [0, 0.05) is 20.5 Å². The van der Waals surface area contributed by atoms with Crippen molar-refractivity contribution in [1.82, 2.24) is 4.90 Å². The zero-order valence-electron chi connectivity index (χ0n) is 9.97. The van der Waals surface area contributed by atoms with Crippen molar-refractivity contribution in [3.05, 3.63) is 24.3 Å². The molecule has 0 bridgehead atoms. The minimum Gasteiger partial charge on any atom is -0.424 e. The van der Waals surface area contributed by atoms with E-state index in [4.69, 9.17) is 10.5 Å². The smallest absolute Gasteiger partial charge is 0.311 e. The zero-order valence-corrected chi connectivity index (χ0v) is 9.97. The fourth-order valence-electron chi connectivity index (χ4n) is 1.18. The van der Waals surface area contributed by atoms with E-state index in [9.17, 15) is 9.59 Å². The average molecular weight is 236 g/mol. The third kappa shape index (κ3) is 4.14. The summed E-state index contributed by atoms with van der Waals surface area (Å²) in [5.41, 5.74) is 6.02. The molecule has 92 valence electrons. The summed E-state index contributed by atoms with van der Waals surface area (Å²) in [6.45, 7) is 0. The summed E-state index contributed by atoms with van der Waals surface area (Å²) >= 11 is 0. The van der Waals surface area contributed by atoms with Gasteiger partial charge in [0.25, 0.3) is 0 Å². The first kappa shape index (κ1) is 13.0. The van der Waals surface area contributed by atoms with E-state index in [1.54, 1.807) is 38.4 Å². The Hall–Kier alpha value is -2.04. The van der Waals surface area contributed by atoms with Crippen molar-refractivity contribution >= 4 is 17.6 Å². The van der Waals surface area contributed by atoms with Crippen LogP contribution in [0.15, 0.2) is 24.3 Å². The molecule has 0 saturated heterocycles. The molecule has 5 heteroatoms. The molecule has 1 aromatic carbocycles. The number of hydrogen-bond donors (Lipinski definition) is 1. The van der Waals surface area contributed by atoms with Gasteiger partial charge in [0.2, 0.25) is 5.91 Å². The summed E-state index contributed by atoms with van der Waals surface area (Å²) < 4.78 is 5.04. The van der Waals surface area contributed by atoms with Crippen LogP contribution in [0, 0.1) is 0 Å². The lowest BCUT2D eigenvalue weighted by atomic mass is 10.3. The van der Waals surface area contributed by atoms with Crippen molar-refractivity contribution in [2.24, 2.45) is 0 Å². The highest BCUT2D eigenvalue weighted by Gasteiger charge is 2.11. The summed E-state index contributed by atoms with van der Waals surface area (Å²) in [5, 5.41) is 0. The lowest BCUT2D eigenvalue weighted by Crippen LogP contribution is -2.23. The van der Waals surface area contributed by atoms with E-state index in [2.05, 4.69) is 0 Å². The Kier molecular flexibility index (Phi) is 4.51. The van der Waals surface area contributed by atoms with E-state index >= 15 is 0 Å². The molecule has 5 nitrogen and oxygen atoms in total. The van der Waals surface area contributed by atoms with Crippen LogP contribution in [0.3, 0.4) is 0 Å². The van der Waals surface area contributed by atoms with Crippen LogP contribution in [0.4, 0.5) is 5.69 Å². The molecule has 17 heavy (non-hydrogen) atoms. The Morgan fingerprint density at radius 3 is 2.47 bits per heavy atom. The summed E-state index contributed by atoms with van der Waals surface area (Å²) in [7, 11) is 3.28. The Bertz CT molecular complexity index is 416. The number of hydrogen-bond acceptors (Lipinski definition) is 4. The van der Waals surface area contributed by atoms with Crippen LogP contribution in [0.1, 0.15) is 12.8 Å². The minimum absolute atomic E-state index is 0.0470. The minimum atomic E-state index is -0.460. The summed E-state index contributed by atoms with van der Waals surface area (Å²) in [4.78, 5) is 24.1. The van der Waals surface area contributed by atoms with Gasteiger partial charge in [0.15, 0.2) is 5.75 Å². The molecule has 0 fully saturated rings. The number of nitrogens with zero attached hydrogens (tertiary/aromatic N) is 1. The van der Waals surface area contributed by atoms with Crippen LogP contribution in [-0.2, 0) is 9.59 Å². The van der Waals surface area contributed by atoms with E-state index in [0.29, 0.717) is 11.4 Å². The molecule has 0 radical (unpaired) electrons. The Morgan fingerprint density at radius 2 is 1.88 bits per heavy atom. The first-order valence-electron chi connectivity index (χ1n) is 5.26. The normalized spacial score (nSPS) is 9.76. The largest absolute Gasteiger partial charge is 0.424 e. The van der Waals surface area contributed by atoms with Gasteiger partial charge in [-0.05, 0) is 12.1 Å². The van der Waals surface area contributed by atoms with Crippen LogP contribution in [0.25, 0.3) is 0 Å². The van der Waals surface area contributed by atoms with E-state index in [1.165, 1.54) is 4.90 Å². The molecule has 0 aromatic heterocycles. The molecule has 0 saturated carbocycles. The predicted octanol–water partition coefficient (Wildman–Crippen LogP) is 1.04. The number of ether oxygens (including phenoxy) is 1. The topological polar surface area (TPSA) is 72.6 Å². The quantitative estimate of drug-likeness (QED) is 0.481. The van der Waals surface area contributed by atoms with Gasteiger partial charge in [-0.3, -0.25) is 9.59 Å². The number of anilines is 1. The fraction of sp³-hybridized carbons (Fsp3) is 0.333. The van der Waals surface area contributed by atoms with Crippen LogP contribution in [-0.4, -0.2) is 30.9 Å². The molecular formula is C12H16N2O3. The van der Waals surface area contributed by atoms with E-state index in [-0.39, 0.29) is 18.7 Å². The van der Waals surface area contributed by atoms with Crippen LogP contribution >= 0.6 is 0 Å². The molecule has 0 unspecified atom stereocenters. The third-order valence-corrected chi connectivity index (χ3v) is 2.18. The number of para-hydroxylation sites is 2. The maximum atomic E-state index is 11.4. The molecule has 1 aromatic rings. The molecule has 0 spiro atoms. The molecular weight excluding hydrogens is 220 g/mol. The second-order valence-corrected chi connectivity index (χ2v) is 3.80. The predicted molar refractivity (Wildman–Crippen MR) is 64.4 cm³/mol. The van der Waals surface area contributed by atoms with Crippen LogP contribution in [0.5, 0.6) is 5.75 Å². The van der Waals surface area contributed by atoms with Gasteiger partial charge in [-0.1, -0.05) is 12.1 Å². The van der Waals surface area contributed by atoms with Gasteiger partial charge in [0.1, 0.15) is 0 Å². The van der Waals surface area contributed by atoms with Crippen molar-refractivity contribution in [1.29, 1.82) is 0 Å². The molecule has 0 aliphatic carbocycles. The van der Waals surface area contributed by atoms with Crippen molar-refractivity contribution in [3.8, 4) is 5.75 Å². The number of rotatable bonds is 4. The SMILES string of the molecule is CN(C)C(=O)CCC(=O)Oc1ccccc1N. The van der Waals surface area contributed by atoms with Crippen molar-refractivity contribution in [3.63, 3.8) is 0 Å². The highest BCUT2D eigenvalue weighted by atomic mass is 16.5. The van der Waals surface area contributed by atoms with Gasteiger partial charge in [-0.15, -0.1) is 0 Å². The van der Waals surface area contributed by atoms with Gasteiger partial charge < -0.3 is 15.4 Å². The first-order valence-corrected chi connectivity index (χ1v) is 5.26. The Morgan fingerprint density at radius 1 is 1.24 bits per heavy atom. The summed E-state index contributed by atoms with van der Waals surface area (Å²) in [6.07, 6.45) is 0.184. The van der Waals surface area contributed by atoms with E-state index in [0.717, 1.165) is 0 Å². The maximum absolute atomic E-state index is 11.4. The van der Waals surface area contributed by atoms with Gasteiger partial charge in [-0.25, -0.2) is 0 Å². The number of benzene rings is 1. The fourth-order valence-corrected chi connectivity index (χ4v) is 1.18. The lowest BCUT2D eigenvalue weighted by Gasteiger charge is -2.10. The van der Waals surface area contributed by atoms with Gasteiger partial charge >= 0.3 is 5.97 Å². The second-order valence-electron chi connectivity index (χ2n) is 3.80. The summed E-state index contributed by atoms with van der Waals surface area (Å²) in [6, 6.07) is 6.74. The molecule has 1 rings (SSSR count). The molecule has 0 atom stereocenters. The van der Waals surface area contributed by atoms with Gasteiger partial charge in [-0.2, -0.15) is 0 Å². The lowest BCUT2D eigenvalue weighted by molar-refractivity contribution is -0.138. The average Bonchev–Trinajstić information content (AvgIpc) is 2.29. The number of nitrogens with two attached hydrogens (primary N) is 1. The van der Waals surface area contributed by atoms with Crippen molar-refractivity contribution < 1.29 is 14.3 Å². The molecule has 0 heterocycles. The Balaban J connectivity index is 2.46. The van der Waals surface area contributed by atoms with Crippen molar-refractivity contribution in [2.45, 2.75) is 12.8 Å². The third-order valence-electron chi connectivity index (χ3n) is 2.18. The van der Waals surface area contributed by atoms with Gasteiger partial charge in [0.05, 0.1) is 12.1 Å². The van der Waals surface area contributed by atoms with Crippen molar-refractivity contribution in [2.75, 3.05) is 19.8 Å². The number of nitrogen functional groups attached to an aromatic ring is 1. The Labute approximate surface area is 100 Å². The van der Waals surface area contributed by atoms with E-state index in [1.807, 2.05) is 0 Å². The second kappa shape index (κ2) is 5.89. The summed E-state index contributed by atoms with van der Waals surface area (Å²) in [5.74, 6) is -0.240. The first-order chi connectivity index (χ1) is 8.00. The van der Waals surface area contributed by atoms with E-state index < -0.39 is 5.97 Å². The molecule has 0 aliphatic heterocycles. The van der Waals surface area contributed by atoms with Crippen LogP contribution < -0.4 is 10.5 Å². The standard InChI is InChI=1S/C12H16N2O3/c1-14(2)11(15)7-8-12(16)17-10-6-4-3-5-9(10)13/h3-6H,7-8,13H2,1-2H3. The molecule has 2 N–H and O–H groups in total. The monoisotopic (exact) mass is 236 g/mol. The number of amides is 1. The number of carbonyl (C=O) groups is 2. The molecule has 0 aliphatic rings. The maximum Gasteiger partial charge on any atom is 0.311 e. The van der Waals surface area contributed by atoms with Crippen LogP contribution in [0.2, 0.25) is 0 Å². The zero-order chi connectivity index (χ0) is 12.8.